The number of nitrogens with zero attached hydrogens (tertiary/aromatic N) is 1. The number of ketones is 1. The Kier molecular flexibility index (Phi) is 6.32. The van der Waals surface area contributed by atoms with Crippen molar-refractivity contribution in [3.63, 3.8) is 0 Å². The fourth-order valence-corrected chi connectivity index (χ4v) is 5.35. The second-order valence-corrected chi connectivity index (χ2v) is 10.1. The molecule has 0 fully saturated rings. The number of benzene rings is 2. The summed E-state index contributed by atoms with van der Waals surface area (Å²) >= 11 is 0. The van der Waals surface area contributed by atoms with Gasteiger partial charge in [0.2, 0.25) is 10.0 Å². The van der Waals surface area contributed by atoms with E-state index in [-0.39, 0.29) is 35.3 Å². The topological polar surface area (TPSA) is 85.2 Å². The monoisotopic (exact) mass is 468 g/mol. The molecule has 2 atom stereocenters. The van der Waals surface area contributed by atoms with Crippen LogP contribution in [0, 0.1) is 5.82 Å². The summed E-state index contributed by atoms with van der Waals surface area (Å²) in [4.78, 5) is 26.0. The highest BCUT2D eigenvalue weighted by atomic mass is 32.2. The molecular formula is C25H25FN2O4S. The van der Waals surface area contributed by atoms with E-state index in [1.807, 2.05) is 37.3 Å². The Morgan fingerprint density at radius 1 is 1.03 bits per heavy atom. The Morgan fingerprint density at radius 3 is 2.42 bits per heavy atom. The van der Waals surface area contributed by atoms with Crippen LogP contribution in [0.1, 0.15) is 40.7 Å². The van der Waals surface area contributed by atoms with Crippen LogP contribution in [0.2, 0.25) is 0 Å². The Balaban J connectivity index is 1.85. The second-order valence-electron chi connectivity index (χ2n) is 8.31. The number of carbonyl (C=O) groups is 1. The number of fused-ring (bicyclic) bond motifs is 1. The summed E-state index contributed by atoms with van der Waals surface area (Å²) in [7, 11) is -3.67. The van der Waals surface area contributed by atoms with Gasteiger partial charge in [0.05, 0.1) is 6.26 Å². The summed E-state index contributed by atoms with van der Waals surface area (Å²) in [5.41, 5.74) is 1.66. The zero-order valence-corrected chi connectivity index (χ0v) is 19.2. The predicted molar refractivity (Wildman–Crippen MR) is 125 cm³/mol. The van der Waals surface area contributed by atoms with Crippen LogP contribution in [0.25, 0.3) is 11.1 Å². The lowest BCUT2D eigenvalue weighted by molar-refractivity contribution is 0.0953. The van der Waals surface area contributed by atoms with E-state index in [4.69, 9.17) is 0 Å². The second kappa shape index (κ2) is 9.03. The van der Waals surface area contributed by atoms with E-state index in [0.717, 1.165) is 11.8 Å². The van der Waals surface area contributed by atoms with E-state index in [1.165, 1.54) is 4.57 Å². The third kappa shape index (κ3) is 4.67. The van der Waals surface area contributed by atoms with Crippen molar-refractivity contribution in [3.8, 4) is 11.1 Å². The lowest BCUT2D eigenvalue weighted by Gasteiger charge is -2.33. The summed E-state index contributed by atoms with van der Waals surface area (Å²) < 4.78 is 43.7. The van der Waals surface area contributed by atoms with Crippen LogP contribution in [-0.4, -0.2) is 31.1 Å². The maximum Gasteiger partial charge on any atom is 0.254 e. The smallest absolute Gasteiger partial charge is 0.254 e. The minimum Gasteiger partial charge on any atom is -0.316 e. The molecule has 6 nitrogen and oxygen atoms in total. The summed E-state index contributed by atoms with van der Waals surface area (Å²) in [6.07, 6.45) is 2.55. The van der Waals surface area contributed by atoms with Gasteiger partial charge in [-0.05, 0) is 30.5 Å². The molecule has 2 aromatic carbocycles. The van der Waals surface area contributed by atoms with Crippen molar-refractivity contribution < 1.29 is 17.6 Å². The van der Waals surface area contributed by atoms with Crippen LogP contribution in [0.5, 0.6) is 0 Å². The number of aryl methyl sites for hydroxylation is 1. The molecule has 1 N–H and O–H groups in total. The van der Waals surface area contributed by atoms with E-state index < -0.39 is 27.8 Å². The first kappa shape index (κ1) is 23.1. The molecule has 1 aliphatic rings. The Hall–Kier alpha value is -3.10. The standard InChI is InChI=1S/C25H25FN2O4S/c1-3-28-13-12-19-22(29)15-21(27-33(2,31)32)20(23(19)25(28)30)14-17-10-7-11-18(24(17)26)16-8-5-4-6-9-16/h4-13,20-21,27H,3,14-15H2,1-2H3. The van der Waals surface area contributed by atoms with Gasteiger partial charge < -0.3 is 4.57 Å². The minimum atomic E-state index is -3.67. The van der Waals surface area contributed by atoms with Crippen LogP contribution < -0.4 is 10.3 Å². The molecule has 0 spiro atoms. The molecule has 0 saturated heterocycles. The zero-order chi connectivity index (χ0) is 23.8. The number of Topliss-reactive ketones (excluding diaryl/α,β-unsaturated/α-hetero) is 1. The minimum absolute atomic E-state index is 0.0724. The molecule has 2 unspecified atom stereocenters. The molecule has 172 valence electrons. The van der Waals surface area contributed by atoms with Crippen molar-refractivity contribution in [2.24, 2.45) is 0 Å². The van der Waals surface area contributed by atoms with Gasteiger partial charge in [0.25, 0.3) is 5.56 Å². The molecule has 0 saturated carbocycles. The molecule has 0 amide bonds. The number of carbonyl (C=O) groups excluding carboxylic acids is 1. The fraction of sp³-hybridized carbons (Fsp3) is 0.280. The molecule has 8 heteroatoms. The summed E-state index contributed by atoms with van der Waals surface area (Å²) in [6, 6.07) is 14.9. The fourth-order valence-electron chi connectivity index (χ4n) is 4.55. The highest BCUT2D eigenvalue weighted by Crippen LogP contribution is 2.35. The molecule has 1 heterocycles. The lowest BCUT2D eigenvalue weighted by Crippen LogP contribution is -2.47. The SMILES string of the molecule is CCn1ccc2c(c1=O)C(Cc1cccc(-c3ccccc3)c1F)C(NS(C)(=O)=O)CC2=O. The molecule has 33 heavy (non-hydrogen) atoms. The average Bonchev–Trinajstić information content (AvgIpc) is 2.77. The van der Waals surface area contributed by atoms with Gasteiger partial charge in [0, 0.05) is 47.8 Å². The molecule has 0 aliphatic heterocycles. The number of nitrogens with one attached hydrogen (secondary N) is 1. The highest BCUT2D eigenvalue weighted by Gasteiger charge is 2.38. The van der Waals surface area contributed by atoms with Crippen LogP contribution in [-0.2, 0) is 23.0 Å². The number of aromatic nitrogens is 1. The van der Waals surface area contributed by atoms with Gasteiger partial charge in [-0.2, -0.15) is 0 Å². The number of rotatable bonds is 6. The first-order valence-corrected chi connectivity index (χ1v) is 12.7. The highest BCUT2D eigenvalue weighted by molar-refractivity contribution is 7.88. The van der Waals surface area contributed by atoms with E-state index in [1.54, 1.807) is 30.5 Å². The largest absolute Gasteiger partial charge is 0.316 e. The molecule has 1 aliphatic carbocycles. The van der Waals surface area contributed by atoms with Crippen LogP contribution in [0.15, 0.2) is 65.6 Å². The molecule has 0 bridgehead atoms. The average molecular weight is 469 g/mol. The maximum atomic E-state index is 15.6. The Labute approximate surface area is 192 Å². The van der Waals surface area contributed by atoms with Crippen LogP contribution >= 0.6 is 0 Å². The molecule has 1 aromatic heterocycles. The Bertz CT molecular complexity index is 1370. The van der Waals surface area contributed by atoms with Gasteiger partial charge >= 0.3 is 0 Å². The van der Waals surface area contributed by atoms with Crippen molar-refractivity contribution in [2.75, 3.05) is 6.26 Å². The third-order valence-corrected chi connectivity index (χ3v) is 6.81. The summed E-state index contributed by atoms with van der Waals surface area (Å²) in [5, 5.41) is 0. The number of hydrogen-bond acceptors (Lipinski definition) is 4. The van der Waals surface area contributed by atoms with Crippen molar-refractivity contribution in [2.45, 2.75) is 38.3 Å². The molecule has 4 rings (SSSR count). The number of pyridine rings is 1. The quantitative estimate of drug-likeness (QED) is 0.600. The number of sulfonamides is 1. The van der Waals surface area contributed by atoms with Crippen molar-refractivity contribution >= 4 is 15.8 Å². The van der Waals surface area contributed by atoms with Gasteiger partial charge in [-0.25, -0.2) is 17.5 Å². The summed E-state index contributed by atoms with van der Waals surface area (Å²) in [5.74, 6) is -1.42. The lowest BCUT2D eigenvalue weighted by atomic mass is 9.76. The van der Waals surface area contributed by atoms with E-state index in [9.17, 15) is 18.0 Å². The van der Waals surface area contributed by atoms with Gasteiger partial charge in [-0.15, -0.1) is 0 Å². The Morgan fingerprint density at radius 2 is 1.76 bits per heavy atom. The first-order chi connectivity index (χ1) is 15.7. The molecule has 0 radical (unpaired) electrons. The molecule has 3 aromatic rings. The van der Waals surface area contributed by atoms with Crippen LogP contribution in [0.4, 0.5) is 4.39 Å². The number of hydrogen-bond donors (Lipinski definition) is 1. The van der Waals surface area contributed by atoms with E-state index >= 15 is 4.39 Å². The summed E-state index contributed by atoms with van der Waals surface area (Å²) in [6.45, 7) is 2.21. The van der Waals surface area contributed by atoms with Crippen molar-refractivity contribution in [3.05, 3.63) is 93.7 Å². The third-order valence-electron chi connectivity index (χ3n) is 6.07. The van der Waals surface area contributed by atoms with Gasteiger partial charge in [0.15, 0.2) is 5.78 Å². The molecular weight excluding hydrogens is 443 g/mol. The van der Waals surface area contributed by atoms with Crippen molar-refractivity contribution in [1.82, 2.24) is 9.29 Å². The van der Waals surface area contributed by atoms with Gasteiger partial charge in [-0.1, -0.05) is 48.5 Å². The maximum absolute atomic E-state index is 15.6. The van der Waals surface area contributed by atoms with Crippen LogP contribution in [0.3, 0.4) is 0 Å². The van der Waals surface area contributed by atoms with E-state index in [2.05, 4.69) is 4.72 Å². The van der Waals surface area contributed by atoms with Gasteiger partial charge in [0.1, 0.15) is 5.82 Å². The number of halogens is 1. The van der Waals surface area contributed by atoms with Crippen molar-refractivity contribution in [1.29, 1.82) is 0 Å². The first-order valence-electron chi connectivity index (χ1n) is 10.8. The van der Waals surface area contributed by atoms with E-state index in [0.29, 0.717) is 17.7 Å². The van der Waals surface area contributed by atoms with Gasteiger partial charge in [-0.3, -0.25) is 9.59 Å². The zero-order valence-electron chi connectivity index (χ0n) is 18.4. The normalized spacial score (nSPS) is 18.2. The predicted octanol–water partition coefficient (Wildman–Crippen LogP) is 3.50.